The van der Waals surface area contributed by atoms with Crippen LogP contribution in [0.25, 0.3) is 0 Å². The van der Waals surface area contributed by atoms with Gasteiger partial charge < -0.3 is 10.1 Å². The first kappa shape index (κ1) is 17.3. The Hall–Kier alpha value is -3.07. The number of Topliss-reactive ketones (excluding diaryl/α,β-unsaturated/α-hetero) is 1. The van der Waals surface area contributed by atoms with Crippen molar-refractivity contribution in [1.82, 2.24) is 0 Å². The van der Waals surface area contributed by atoms with Gasteiger partial charge in [0.15, 0.2) is 0 Å². The lowest BCUT2D eigenvalue weighted by Gasteiger charge is -2.20. The smallest absolute Gasteiger partial charge is 0.139 e. The lowest BCUT2D eigenvalue weighted by molar-refractivity contribution is -0.118. The first-order valence-corrected chi connectivity index (χ1v) is 9.30. The summed E-state index contributed by atoms with van der Waals surface area (Å²) in [5, 5.41) is 3.59. The number of benzene rings is 3. The molecule has 1 N–H and O–H groups in total. The van der Waals surface area contributed by atoms with Gasteiger partial charge in [-0.05, 0) is 66.4 Å². The van der Waals surface area contributed by atoms with Gasteiger partial charge in [0.1, 0.15) is 17.3 Å². The fourth-order valence-electron chi connectivity index (χ4n) is 3.53. The van der Waals surface area contributed by atoms with Gasteiger partial charge in [-0.25, -0.2) is 0 Å². The number of nitrogens with one attached hydrogen (secondary N) is 1. The number of ether oxygens (including phenoxy) is 1. The standard InChI is InChI=1S/C24H23NO2/c1-16-11-19-13-20(26)15-24(25-23(19)12-17(16)2)18-7-6-10-22(14-18)27-21-8-4-3-5-9-21/h3-12,14,24-25H,13,15H2,1-2H3. The average Bonchev–Trinajstić information content (AvgIpc) is 2.81. The maximum absolute atomic E-state index is 12.5. The van der Waals surface area contributed by atoms with Crippen LogP contribution >= 0.6 is 0 Å². The molecule has 3 aromatic carbocycles. The molecule has 0 amide bonds. The average molecular weight is 357 g/mol. The van der Waals surface area contributed by atoms with Crippen molar-refractivity contribution in [3.63, 3.8) is 0 Å². The number of carbonyl (C=O) groups is 1. The van der Waals surface area contributed by atoms with Crippen LogP contribution in [0.4, 0.5) is 5.69 Å². The molecule has 3 nitrogen and oxygen atoms in total. The molecule has 4 rings (SSSR count). The van der Waals surface area contributed by atoms with Gasteiger partial charge in [-0.3, -0.25) is 4.79 Å². The summed E-state index contributed by atoms with van der Waals surface area (Å²) in [6.07, 6.45) is 0.960. The van der Waals surface area contributed by atoms with Crippen LogP contribution in [0.3, 0.4) is 0 Å². The van der Waals surface area contributed by atoms with Crippen LogP contribution in [0.5, 0.6) is 11.5 Å². The summed E-state index contributed by atoms with van der Waals surface area (Å²) >= 11 is 0. The topological polar surface area (TPSA) is 38.3 Å². The molecule has 0 aromatic heterocycles. The highest BCUT2D eigenvalue weighted by Crippen LogP contribution is 2.33. The number of para-hydroxylation sites is 1. The molecule has 27 heavy (non-hydrogen) atoms. The van der Waals surface area contributed by atoms with Gasteiger partial charge in [0, 0.05) is 18.5 Å². The second-order valence-corrected chi connectivity index (χ2v) is 7.20. The van der Waals surface area contributed by atoms with E-state index in [0.29, 0.717) is 12.8 Å². The van der Waals surface area contributed by atoms with Crippen LogP contribution in [0.2, 0.25) is 0 Å². The fourth-order valence-corrected chi connectivity index (χ4v) is 3.53. The van der Waals surface area contributed by atoms with E-state index < -0.39 is 0 Å². The maximum atomic E-state index is 12.5. The number of rotatable bonds is 3. The third kappa shape index (κ3) is 3.87. The van der Waals surface area contributed by atoms with Crippen LogP contribution in [0.15, 0.2) is 66.7 Å². The third-order valence-corrected chi connectivity index (χ3v) is 5.11. The zero-order chi connectivity index (χ0) is 18.8. The van der Waals surface area contributed by atoms with Crippen LogP contribution in [-0.2, 0) is 11.2 Å². The number of aryl methyl sites for hydroxylation is 2. The Balaban J connectivity index is 1.63. The first-order valence-electron chi connectivity index (χ1n) is 9.30. The van der Waals surface area contributed by atoms with Gasteiger partial charge in [0.05, 0.1) is 6.04 Å². The van der Waals surface area contributed by atoms with Gasteiger partial charge in [-0.2, -0.15) is 0 Å². The zero-order valence-corrected chi connectivity index (χ0v) is 15.7. The highest BCUT2D eigenvalue weighted by molar-refractivity contribution is 5.85. The molecular formula is C24H23NO2. The van der Waals surface area contributed by atoms with Crippen molar-refractivity contribution in [2.45, 2.75) is 32.7 Å². The van der Waals surface area contributed by atoms with Crippen molar-refractivity contribution >= 4 is 11.5 Å². The van der Waals surface area contributed by atoms with Crippen LogP contribution in [-0.4, -0.2) is 5.78 Å². The van der Waals surface area contributed by atoms with E-state index in [2.05, 4.69) is 37.4 Å². The maximum Gasteiger partial charge on any atom is 0.139 e. The summed E-state index contributed by atoms with van der Waals surface area (Å²) in [7, 11) is 0. The summed E-state index contributed by atoms with van der Waals surface area (Å²) in [5.41, 5.74) is 5.66. The van der Waals surface area contributed by atoms with E-state index in [9.17, 15) is 4.79 Å². The Morgan fingerprint density at radius 3 is 2.44 bits per heavy atom. The highest BCUT2D eigenvalue weighted by atomic mass is 16.5. The van der Waals surface area contributed by atoms with Crippen LogP contribution in [0, 0.1) is 13.8 Å². The molecular weight excluding hydrogens is 334 g/mol. The second kappa shape index (κ2) is 7.28. The predicted molar refractivity (Wildman–Crippen MR) is 109 cm³/mol. The van der Waals surface area contributed by atoms with Gasteiger partial charge in [-0.1, -0.05) is 36.4 Å². The van der Waals surface area contributed by atoms with Gasteiger partial charge in [-0.15, -0.1) is 0 Å². The van der Waals surface area contributed by atoms with E-state index >= 15 is 0 Å². The molecule has 3 aromatic rings. The minimum Gasteiger partial charge on any atom is -0.457 e. The summed E-state index contributed by atoms with van der Waals surface area (Å²) < 4.78 is 5.96. The van der Waals surface area contributed by atoms with Gasteiger partial charge in [0.2, 0.25) is 0 Å². The molecule has 0 radical (unpaired) electrons. The van der Waals surface area contributed by atoms with E-state index in [1.165, 1.54) is 11.1 Å². The normalized spacial score (nSPS) is 16.2. The Bertz CT molecular complexity index is 979. The molecule has 3 heteroatoms. The SMILES string of the molecule is Cc1cc2c(cc1C)NC(c1cccc(Oc3ccccc3)c1)CC(=O)C2. The molecule has 1 heterocycles. The number of anilines is 1. The lowest BCUT2D eigenvalue weighted by atomic mass is 9.99. The number of carbonyl (C=O) groups excluding carboxylic acids is 1. The molecule has 0 fully saturated rings. The van der Waals surface area contributed by atoms with E-state index in [1.54, 1.807) is 0 Å². The second-order valence-electron chi connectivity index (χ2n) is 7.20. The lowest BCUT2D eigenvalue weighted by Crippen LogP contribution is -2.13. The molecule has 136 valence electrons. The van der Waals surface area contributed by atoms with E-state index in [1.807, 2.05) is 48.5 Å². The Morgan fingerprint density at radius 2 is 1.63 bits per heavy atom. The molecule has 0 saturated carbocycles. The molecule has 1 aliphatic heterocycles. The van der Waals surface area contributed by atoms with Crippen molar-refractivity contribution in [3.05, 3.63) is 89.0 Å². The molecule has 1 atom stereocenters. The van der Waals surface area contributed by atoms with Crippen LogP contribution in [0.1, 0.15) is 34.7 Å². The van der Waals surface area contributed by atoms with Crippen molar-refractivity contribution in [2.24, 2.45) is 0 Å². The number of ketones is 1. The minimum atomic E-state index is -0.0554. The molecule has 0 bridgehead atoms. The monoisotopic (exact) mass is 357 g/mol. The van der Waals surface area contributed by atoms with Gasteiger partial charge >= 0.3 is 0 Å². The number of fused-ring (bicyclic) bond motifs is 1. The summed E-state index contributed by atoms with van der Waals surface area (Å²) in [5.74, 6) is 1.83. The quantitative estimate of drug-likeness (QED) is 0.647. The van der Waals surface area contributed by atoms with E-state index in [-0.39, 0.29) is 11.8 Å². The highest BCUT2D eigenvalue weighted by Gasteiger charge is 2.23. The summed E-state index contributed by atoms with van der Waals surface area (Å²) in [6, 6.07) is 21.9. The molecule has 0 spiro atoms. The van der Waals surface area contributed by atoms with Crippen molar-refractivity contribution in [1.29, 1.82) is 0 Å². The first-order chi connectivity index (χ1) is 13.1. The van der Waals surface area contributed by atoms with Crippen molar-refractivity contribution < 1.29 is 9.53 Å². The predicted octanol–water partition coefficient (Wildman–Crippen LogP) is 5.76. The summed E-state index contributed by atoms with van der Waals surface area (Å²) in [4.78, 5) is 12.5. The van der Waals surface area contributed by atoms with E-state index in [0.717, 1.165) is 28.3 Å². The molecule has 0 saturated heterocycles. The fraction of sp³-hybridized carbons (Fsp3) is 0.208. The Morgan fingerprint density at radius 1 is 0.889 bits per heavy atom. The van der Waals surface area contributed by atoms with Crippen molar-refractivity contribution in [2.75, 3.05) is 5.32 Å². The Labute approximate surface area is 160 Å². The number of hydrogen-bond donors (Lipinski definition) is 1. The van der Waals surface area contributed by atoms with Crippen molar-refractivity contribution in [3.8, 4) is 11.5 Å². The molecule has 0 aliphatic carbocycles. The zero-order valence-electron chi connectivity index (χ0n) is 15.7. The molecule has 1 aliphatic rings. The number of hydrogen-bond acceptors (Lipinski definition) is 3. The summed E-state index contributed by atoms with van der Waals surface area (Å²) in [6.45, 7) is 4.19. The van der Waals surface area contributed by atoms with Crippen LogP contribution < -0.4 is 10.1 Å². The minimum absolute atomic E-state index is 0.0554. The van der Waals surface area contributed by atoms with E-state index in [4.69, 9.17) is 4.74 Å². The van der Waals surface area contributed by atoms with Gasteiger partial charge in [0.25, 0.3) is 0 Å². The third-order valence-electron chi connectivity index (χ3n) is 5.11. The Kier molecular flexibility index (Phi) is 4.68. The largest absolute Gasteiger partial charge is 0.457 e. The molecule has 1 unspecified atom stereocenters.